The van der Waals surface area contributed by atoms with E-state index in [0.717, 1.165) is 10.9 Å². The maximum Gasteiger partial charge on any atom is 0.255 e. The molecule has 1 aliphatic carbocycles. The fraction of sp³-hybridized carbons (Fsp3) is 0.600. The third kappa shape index (κ3) is 2.42. The summed E-state index contributed by atoms with van der Waals surface area (Å²) in [5.74, 6) is 0.864. The summed E-state index contributed by atoms with van der Waals surface area (Å²) in [6, 6.07) is 2.69. The van der Waals surface area contributed by atoms with Crippen molar-refractivity contribution in [3.63, 3.8) is 0 Å². The molecule has 1 amide bonds. The standard InChI is InChI=1S/C15H19BrN2O/c1-10-6-11-4-2-3-5-14(11)18(10)15(19)12-7-13(16)9-17-8-12/h7-11,14H,2-6H2,1H3. The zero-order chi connectivity index (χ0) is 13.4. The van der Waals surface area contributed by atoms with Gasteiger partial charge in [0, 0.05) is 29.0 Å². The van der Waals surface area contributed by atoms with Gasteiger partial charge in [0.15, 0.2) is 0 Å². The summed E-state index contributed by atoms with van der Waals surface area (Å²) in [6.07, 6.45) is 9.60. The highest BCUT2D eigenvalue weighted by atomic mass is 79.9. The first-order valence-electron chi connectivity index (χ1n) is 7.10. The van der Waals surface area contributed by atoms with Crippen LogP contribution in [0.15, 0.2) is 22.9 Å². The molecule has 2 fully saturated rings. The van der Waals surface area contributed by atoms with Crippen LogP contribution in [0.4, 0.5) is 0 Å². The number of carbonyl (C=O) groups excluding carboxylic acids is 1. The van der Waals surface area contributed by atoms with E-state index in [1.165, 1.54) is 25.7 Å². The maximum atomic E-state index is 12.7. The molecule has 4 heteroatoms. The van der Waals surface area contributed by atoms with Gasteiger partial charge in [-0.15, -0.1) is 0 Å². The minimum absolute atomic E-state index is 0.149. The average molecular weight is 323 g/mol. The Morgan fingerprint density at radius 3 is 2.95 bits per heavy atom. The summed E-state index contributed by atoms with van der Waals surface area (Å²) >= 11 is 3.39. The molecule has 3 atom stereocenters. The van der Waals surface area contributed by atoms with Gasteiger partial charge < -0.3 is 4.90 Å². The van der Waals surface area contributed by atoms with E-state index in [1.807, 2.05) is 6.07 Å². The van der Waals surface area contributed by atoms with Gasteiger partial charge in [0.05, 0.1) is 5.56 Å². The fourth-order valence-electron chi connectivity index (χ4n) is 3.74. The van der Waals surface area contributed by atoms with Crippen molar-refractivity contribution in [1.29, 1.82) is 0 Å². The lowest BCUT2D eigenvalue weighted by atomic mass is 9.85. The van der Waals surface area contributed by atoms with Gasteiger partial charge in [0.1, 0.15) is 0 Å². The molecule has 3 rings (SSSR count). The summed E-state index contributed by atoms with van der Waals surface area (Å²) in [4.78, 5) is 19.0. The first-order chi connectivity index (χ1) is 9.16. The topological polar surface area (TPSA) is 33.2 Å². The number of likely N-dealkylation sites (tertiary alicyclic amines) is 1. The van der Waals surface area contributed by atoms with Crippen LogP contribution in [0, 0.1) is 5.92 Å². The molecule has 19 heavy (non-hydrogen) atoms. The smallest absolute Gasteiger partial charge is 0.255 e. The number of halogens is 1. The van der Waals surface area contributed by atoms with Crippen molar-refractivity contribution in [2.45, 2.75) is 51.1 Å². The maximum absolute atomic E-state index is 12.7. The molecule has 1 aromatic heterocycles. The van der Waals surface area contributed by atoms with Gasteiger partial charge in [-0.25, -0.2) is 0 Å². The van der Waals surface area contributed by atoms with E-state index in [9.17, 15) is 4.79 Å². The van der Waals surface area contributed by atoms with Crippen molar-refractivity contribution < 1.29 is 4.79 Å². The number of amides is 1. The number of rotatable bonds is 1. The Hall–Kier alpha value is -0.900. The van der Waals surface area contributed by atoms with Gasteiger partial charge in [0.2, 0.25) is 0 Å². The van der Waals surface area contributed by atoms with E-state index in [-0.39, 0.29) is 5.91 Å². The zero-order valence-corrected chi connectivity index (χ0v) is 12.8. The van der Waals surface area contributed by atoms with Crippen LogP contribution in [0.5, 0.6) is 0 Å². The second kappa shape index (κ2) is 5.23. The third-order valence-electron chi connectivity index (χ3n) is 4.53. The van der Waals surface area contributed by atoms with Gasteiger partial charge >= 0.3 is 0 Å². The van der Waals surface area contributed by atoms with E-state index < -0.39 is 0 Å². The molecule has 0 bridgehead atoms. The van der Waals surface area contributed by atoms with Crippen LogP contribution in [0.3, 0.4) is 0 Å². The second-order valence-electron chi connectivity index (χ2n) is 5.80. The highest BCUT2D eigenvalue weighted by Crippen LogP contribution is 2.40. The Morgan fingerprint density at radius 2 is 2.16 bits per heavy atom. The molecule has 0 radical (unpaired) electrons. The van der Waals surface area contributed by atoms with Crippen molar-refractivity contribution >= 4 is 21.8 Å². The van der Waals surface area contributed by atoms with Crippen LogP contribution in [0.25, 0.3) is 0 Å². The molecule has 3 nitrogen and oxygen atoms in total. The number of hydrogen-bond donors (Lipinski definition) is 0. The van der Waals surface area contributed by atoms with Crippen molar-refractivity contribution in [2.75, 3.05) is 0 Å². The SMILES string of the molecule is CC1CC2CCCCC2N1C(=O)c1cncc(Br)c1. The molecule has 0 aromatic carbocycles. The molecule has 1 saturated carbocycles. The van der Waals surface area contributed by atoms with E-state index in [4.69, 9.17) is 0 Å². The molecule has 1 saturated heterocycles. The van der Waals surface area contributed by atoms with Crippen molar-refractivity contribution in [2.24, 2.45) is 5.92 Å². The number of aromatic nitrogens is 1. The molecular formula is C15H19BrN2O. The third-order valence-corrected chi connectivity index (χ3v) is 4.96. The number of carbonyl (C=O) groups is 1. The average Bonchev–Trinajstić information content (AvgIpc) is 2.74. The summed E-state index contributed by atoms with van der Waals surface area (Å²) in [7, 11) is 0. The number of nitrogens with zero attached hydrogens (tertiary/aromatic N) is 2. The normalized spacial score (nSPS) is 30.2. The molecule has 3 unspecified atom stereocenters. The first kappa shape index (κ1) is 13.1. The van der Waals surface area contributed by atoms with E-state index in [1.54, 1.807) is 12.4 Å². The summed E-state index contributed by atoms with van der Waals surface area (Å²) in [6.45, 7) is 2.18. The summed E-state index contributed by atoms with van der Waals surface area (Å²) in [5, 5.41) is 0. The first-order valence-corrected chi connectivity index (χ1v) is 7.89. The van der Waals surface area contributed by atoms with Gasteiger partial charge in [-0.05, 0) is 54.1 Å². The molecule has 1 aliphatic heterocycles. The predicted octanol–water partition coefficient (Wildman–Crippen LogP) is 3.64. The molecule has 1 aromatic rings. The van der Waals surface area contributed by atoms with E-state index >= 15 is 0 Å². The lowest BCUT2D eigenvalue weighted by molar-refractivity contribution is 0.0633. The van der Waals surface area contributed by atoms with Gasteiger partial charge in [-0.1, -0.05) is 12.8 Å². The Labute approximate surface area is 122 Å². The van der Waals surface area contributed by atoms with Crippen molar-refractivity contribution in [1.82, 2.24) is 9.88 Å². The minimum atomic E-state index is 0.149. The lowest BCUT2D eigenvalue weighted by Gasteiger charge is -2.33. The highest BCUT2D eigenvalue weighted by Gasteiger charge is 2.42. The molecular weight excluding hydrogens is 304 g/mol. The zero-order valence-electron chi connectivity index (χ0n) is 11.2. The number of fused-ring (bicyclic) bond motifs is 1. The summed E-state index contributed by atoms with van der Waals surface area (Å²) < 4.78 is 0.866. The van der Waals surface area contributed by atoms with Crippen LogP contribution >= 0.6 is 15.9 Å². The molecule has 0 spiro atoms. The van der Waals surface area contributed by atoms with Crippen LogP contribution in [-0.2, 0) is 0 Å². The quantitative estimate of drug-likeness (QED) is 0.790. The van der Waals surface area contributed by atoms with Gasteiger partial charge in [-0.2, -0.15) is 0 Å². The highest BCUT2D eigenvalue weighted by molar-refractivity contribution is 9.10. The predicted molar refractivity (Wildman–Crippen MR) is 77.9 cm³/mol. The molecule has 102 valence electrons. The van der Waals surface area contributed by atoms with Crippen molar-refractivity contribution in [3.05, 3.63) is 28.5 Å². The Morgan fingerprint density at radius 1 is 1.37 bits per heavy atom. The van der Waals surface area contributed by atoms with Crippen molar-refractivity contribution in [3.8, 4) is 0 Å². The van der Waals surface area contributed by atoms with Crippen LogP contribution in [-0.4, -0.2) is 27.9 Å². The fourth-order valence-corrected chi connectivity index (χ4v) is 4.10. The van der Waals surface area contributed by atoms with Crippen LogP contribution in [0.2, 0.25) is 0 Å². The van der Waals surface area contributed by atoms with Gasteiger partial charge in [0.25, 0.3) is 5.91 Å². The summed E-state index contributed by atoms with van der Waals surface area (Å²) in [5.41, 5.74) is 0.701. The van der Waals surface area contributed by atoms with E-state index in [0.29, 0.717) is 23.6 Å². The van der Waals surface area contributed by atoms with E-state index in [2.05, 4.69) is 32.7 Å². The Bertz CT molecular complexity index is 491. The minimum Gasteiger partial charge on any atom is -0.333 e. The largest absolute Gasteiger partial charge is 0.333 e. The molecule has 0 N–H and O–H groups in total. The molecule has 2 aliphatic rings. The van der Waals surface area contributed by atoms with Crippen LogP contribution < -0.4 is 0 Å². The van der Waals surface area contributed by atoms with Gasteiger partial charge in [-0.3, -0.25) is 9.78 Å². The monoisotopic (exact) mass is 322 g/mol. The Balaban J connectivity index is 1.86. The van der Waals surface area contributed by atoms with Crippen LogP contribution in [0.1, 0.15) is 49.4 Å². The Kier molecular flexibility index (Phi) is 3.61. The second-order valence-corrected chi connectivity index (χ2v) is 6.72. The lowest BCUT2D eigenvalue weighted by Crippen LogP contribution is -2.42. The molecule has 2 heterocycles. The number of hydrogen-bond acceptors (Lipinski definition) is 2. The number of pyridine rings is 1.